The van der Waals surface area contributed by atoms with E-state index >= 15 is 0 Å². The van der Waals surface area contributed by atoms with Crippen molar-refractivity contribution in [3.05, 3.63) is 102 Å². The maximum absolute atomic E-state index is 13.4. The molecular formula is C28H23N5O4S. The third kappa shape index (κ3) is 5.30. The van der Waals surface area contributed by atoms with Gasteiger partial charge < -0.3 is 10.1 Å². The minimum absolute atomic E-state index is 0.00952. The average molecular weight is 526 g/mol. The van der Waals surface area contributed by atoms with Crippen LogP contribution in [0.15, 0.2) is 96.0 Å². The van der Waals surface area contributed by atoms with Crippen molar-refractivity contribution in [3.8, 4) is 17.0 Å². The number of nitrogens with one attached hydrogen (secondary N) is 2. The molecule has 0 saturated carbocycles. The second-order valence-electron chi connectivity index (χ2n) is 8.41. The zero-order valence-electron chi connectivity index (χ0n) is 20.5. The molecule has 2 aromatic heterocycles. The van der Waals surface area contributed by atoms with Crippen LogP contribution in [0.5, 0.6) is 5.75 Å². The molecule has 0 saturated heterocycles. The van der Waals surface area contributed by atoms with Gasteiger partial charge in [-0.25, -0.2) is 28.1 Å². The van der Waals surface area contributed by atoms with Crippen molar-refractivity contribution in [2.45, 2.75) is 11.8 Å². The molecule has 190 valence electrons. The number of fused-ring (bicyclic) bond motifs is 1. The molecule has 0 atom stereocenters. The van der Waals surface area contributed by atoms with E-state index in [0.29, 0.717) is 39.3 Å². The maximum Gasteiger partial charge on any atom is 0.264 e. The summed E-state index contributed by atoms with van der Waals surface area (Å²) in [6, 6.07) is 24.1. The Bertz CT molecular complexity index is 1760. The minimum atomic E-state index is -3.90. The summed E-state index contributed by atoms with van der Waals surface area (Å²) in [6.07, 6.45) is 1.47. The second kappa shape index (κ2) is 10.3. The maximum atomic E-state index is 13.4. The van der Waals surface area contributed by atoms with Gasteiger partial charge in [0.05, 0.1) is 28.8 Å². The Morgan fingerprint density at radius 3 is 2.45 bits per heavy atom. The summed E-state index contributed by atoms with van der Waals surface area (Å²) in [5.74, 6) is 0.315. The molecule has 0 aliphatic carbocycles. The number of hydrogen-bond acceptors (Lipinski definition) is 7. The van der Waals surface area contributed by atoms with Crippen molar-refractivity contribution in [3.63, 3.8) is 0 Å². The van der Waals surface area contributed by atoms with Crippen LogP contribution < -0.4 is 14.8 Å². The first-order valence-electron chi connectivity index (χ1n) is 11.6. The lowest BCUT2D eigenvalue weighted by atomic mass is 10.0. The zero-order chi connectivity index (χ0) is 26.7. The number of rotatable bonds is 7. The Hall–Kier alpha value is -4.83. The van der Waals surface area contributed by atoms with Crippen molar-refractivity contribution in [2.75, 3.05) is 17.1 Å². The van der Waals surface area contributed by atoms with Crippen LogP contribution in [0.1, 0.15) is 16.1 Å². The average Bonchev–Trinajstić information content (AvgIpc) is 2.92. The van der Waals surface area contributed by atoms with E-state index in [1.54, 1.807) is 26.2 Å². The van der Waals surface area contributed by atoms with Gasteiger partial charge in [0.2, 0.25) is 5.95 Å². The van der Waals surface area contributed by atoms with Gasteiger partial charge in [-0.1, -0.05) is 30.3 Å². The van der Waals surface area contributed by atoms with Crippen LogP contribution in [0.3, 0.4) is 0 Å². The van der Waals surface area contributed by atoms with E-state index in [2.05, 4.69) is 20.0 Å². The largest absolute Gasteiger partial charge is 0.497 e. The van der Waals surface area contributed by atoms with Crippen LogP contribution in [0.4, 0.5) is 11.6 Å². The van der Waals surface area contributed by atoms with E-state index in [4.69, 9.17) is 9.72 Å². The minimum Gasteiger partial charge on any atom is -0.497 e. The van der Waals surface area contributed by atoms with Crippen molar-refractivity contribution in [1.82, 2.24) is 15.0 Å². The molecule has 5 rings (SSSR count). The van der Waals surface area contributed by atoms with Gasteiger partial charge >= 0.3 is 0 Å². The molecule has 10 heteroatoms. The quantitative estimate of drug-likeness (QED) is 0.304. The highest BCUT2D eigenvalue weighted by atomic mass is 32.2. The van der Waals surface area contributed by atoms with Crippen LogP contribution in [0, 0.1) is 6.92 Å². The summed E-state index contributed by atoms with van der Waals surface area (Å²) in [6.45, 7) is 1.74. The lowest BCUT2D eigenvalue weighted by molar-refractivity contribution is 0.102. The summed E-state index contributed by atoms with van der Waals surface area (Å²) >= 11 is 0. The first kappa shape index (κ1) is 24.8. The molecule has 9 nitrogen and oxygen atoms in total. The normalized spacial score (nSPS) is 11.2. The second-order valence-corrected chi connectivity index (χ2v) is 10.1. The molecule has 1 amide bonds. The predicted octanol–water partition coefficient (Wildman–Crippen LogP) is 5.06. The fraction of sp³-hybridized carbons (Fsp3) is 0.0714. The van der Waals surface area contributed by atoms with Crippen LogP contribution in [-0.4, -0.2) is 36.4 Å². The van der Waals surface area contributed by atoms with E-state index in [-0.39, 0.29) is 16.8 Å². The van der Waals surface area contributed by atoms with Gasteiger partial charge in [-0.15, -0.1) is 0 Å². The number of nitrogens with zero attached hydrogens (tertiary/aromatic N) is 3. The molecule has 0 aliphatic heterocycles. The molecule has 0 fully saturated rings. The van der Waals surface area contributed by atoms with E-state index in [1.807, 2.05) is 48.5 Å². The molecule has 2 heterocycles. The highest BCUT2D eigenvalue weighted by Gasteiger charge is 2.18. The standard InChI is InChI=1S/C28H23N5O4S/c1-18-14-15-29-28(30-18)33-38(35,36)22-12-10-20(11-13-22)31-27(34)24-17-26(19-6-5-7-21(16-19)37-2)32-25-9-4-3-8-23(24)25/h3-17H,1-2H3,(H,31,34)(H,29,30,33). The topological polar surface area (TPSA) is 123 Å². The number of anilines is 2. The number of amides is 1. The van der Waals surface area contributed by atoms with Gasteiger partial charge in [0.25, 0.3) is 15.9 Å². The summed E-state index contributed by atoms with van der Waals surface area (Å²) in [4.78, 5) is 26.1. The van der Waals surface area contributed by atoms with Gasteiger partial charge in [0, 0.05) is 28.5 Å². The molecule has 0 radical (unpaired) electrons. The first-order chi connectivity index (χ1) is 18.3. The van der Waals surface area contributed by atoms with Crippen molar-refractivity contribution >= 4 is 38.5 Å². The molecule has 0 spiro atoms. The lowest BCUT2D eigenvalue weighted by Crippen LogP contribution is -2.16. The Labute approximate surface area is 219 Å². The number of para-hydroxylation sites is 1. The molecular weight excluding hydrogens is 502 g/mol. The van der Waals surface area contributed by atoms with Crippen molar-refractivity contribution < 1.29 is 17.9 Å². The summed E-state index contributed by atoms with van der Waals surface area (Å²) in [7, 11) is -2.31. The number of aryl methyl sites for hydroxylation is 1. The number of methoxy groups -OCH3 is 1. The molecule has 0 aliphatic rings. The Balaban J connectivity index is 1.42. The number of carbonyl (C=O) groups is 1. The Kier molecular flexibility index (Phi) is 6.71. The predicted molar refractivity (Wildman–Crippen MR) is 146 cm³/mol. The summed E-state index contributed by atoms with van der Waals surface area (Å²) in [5, 5.41) is 3.55. The highest BCUT2D eigenvalue weighted by molar-refractivity contribution is 7.92. The fourth-order valence-corrected chi connectivity index (χ4v) is 4.84. The number of hydrogen-bond donors (Lipinski definition) is 2. The number of benzene rings is 3. The fourth-order valence-electron chi connectivity index (χ4n) is 3.89. The molecule has 5 aromatic rings. The van der Waals surface area contributed by atoms with Crippen LogP contribution in [0.2, 0.25) is 0 Å². The van der Waals surface area contributed by atoms with E-state index in [1.165, 1.54) is 30.5 Å². The van der Waals surface area contributed by atoms with Crippen molar-refractivity contribution in [2.24, 2.45) is 0 Å². The van der Waals surface area contributed by atoms with Crippen LogP contribution >= 0.6 is 0 Å². The first-order valence-corrected chi connectivity index (χ1v) is 13.1. The van der Waals surface area contributed by atoms with Crippen LogP contribution in [-0.2, 0) is 10.0 Å². The van der Waals surface area contributed by atoms with E-state index < -0.39 is 10.0 Å². The lowest BCUT2D eigenvalue weighted by Gasteiger charge is -2.12. The van der Waals surface area contributed by atoms with Gasteiger partial charge in [0.1, 0.15) is 5.75 Å². The van der Waals surface area contributed by atoms with E-state index in [9.17, 15) is 13.2 Å². The number of pyridine rings is 1. The Morgan fingerprint density at radius 2 is 1.68 bits per heavy atom. The number of sulfonamides is 1. The van der Waals surface area contributed by atoms with Gasteiger partial charge in [-0.2, -0.15) is 0 Å². The summed E-state index contributed by atoms with van der Waals surface area (Å²) in [5.41, 5.74) is 3.60. The monoisotopic (exact) mass is 525 g/mol. The molecule has 0 unspecified atom stereocenters. The van der Waals surface area contributed by atoms with Gasteiger partial charge in [-0.3, -0.25) is 4.79 Å². The van der Waals surface area contributed by atoms with E-state index in [0.717, 1.165) is 5.56 Å². The number of ether oxygens (including phenoxy) is 1. The van der Waals surface area contributed by atoms with Gasteiger partial charge in [-0.05, 0) is 61.5 Å². The number of aromatic nitrogens is 3. The highest BCUT2D eigenvalue weighted by Crippen LogP contribution is 2.28. The number of carbonyl (C=O) groups excluding carboxylic acids is 1. The zero-order valence-corrected chi connectivity index (χ0v) is 21.4. The third-order valence-corrected chi connectivity index (χ3v) is 7.11. The molecule has 0 bridgehead atoms. The van der Waals surface area contributed by atoms with Crippen molar-refractivity contribution in [1.29, 1.82) is 0 Å². The SMILES string of the molecule is COc1cccc(-c2cc(C(=O)Nc3ccc(S(=O)(=O)Nc4nccc(C)n4)cc3)c3ccccc3n2)c1. The Morgan fingerprint density at radius 1 is 0.895 bits per heavy atom. The molecule has 2 N–H and O–H groups in total. The molecule has 38 heavy (non-hydrogen) atoms. The molecule has 3 aromatic carbocycles. The summed E-state index contributed by atoms with van der Waals surface area (Å²) < 4.78 is 33.2. The van der Waals surface area contributed by atoms with Gasteiger partial charge in [0.15, 0.2) is 0 Å². The third-order valence-electron chi connectivity index (χ3n) is 5.77. The van der Waals surface area contributed by atoms with Crippen LogP contribution in [0.25, 0.3) is 22.2 Å². The smallest absolute Gasteiger partial charge is 0.264 e.